The van der Waals surface area contributed by atoms with Crippen LogP contribution < -0.4 is 4.74 Å². The van der Waals surface area contributed by atoms with Crippen LogP contribution >= 0.6 is 15.9 Å². The summed E-state index contributed by atoms with van der Waals surface area (Å²) in [4.78, 5) is 0. The molecule has 0 radical (unpaired) electrons. The SMILES string of the molecule is Cc1ccccc1C1(c2nnc(COc3ccccc3Br)o2)CCCC1. The lowest BCUT2D eigenvalue weighted by Gasteiger charge is -2.27. The van der Waals surface area contributed by atoms with Crippen LogP contribution in [0.2, 0.25) is 0 Å². The van der Waals surface area contributed by atoms with E-state index < -0.39 is 0 Å². The molecule has 0 atom stereocenters. The summed E-state index contributed by atoms with van der Waals surface area (Å²) in [5.74, 6) is 1.99. The minimum atomic E-state index is -0.163. The van der Waals surface area contributed by atoms with E-state index in [1.165, 1.54) is 24.0 Å². The van der Waals surface area contributed by atoms with Crippen molar-refractivity contribution in [1.29, 1.82) is 0 Å². The minimum absolute atomic E-state index is 0.163. The van der Waals surface area contributed by atoms with Crippen molar-refractivity contribution in [3.05, 3.63) is 75.9 Å². The van der Waals surface area contributed by atoms with Crippen LogP contribution in [-0.4, -0.2) is 10.2 Å². The molecular weight excluding hydrogens is 392 g/mol. The first-order valence-electron chi connectivity index (χ1n) is 8.95. The molecule has 1 aromatic heterocycles. The van der Waals surface area contributed by atoms with E-state index in [4.69, 9.17) is 9.15 Å². The number of rotatable bonds is 5. The second-order valence-electron chi connectivity index (χ2n) is 6.82. The Balaban J connectivity index is 1.60. The summed E-state index contributed by atoms with van der Waals surface area (Å²) < 4.78 is 12.8. The second kappa shape index (κ2) is 7.23. The molecule has 1 saturated carbocycles. The molecule has 0 aliphatic heterocycles. The van der Waals surface area contributed by atoms with Gasteiger partial charge in [-0.3, -0.25) is 0 Å². The van der Waals surface area contributed by atoms with E-state index in [9.17, 15) is 0 Å². The maximum atomic E-state index is 6.08. The highest BCUT2D eigenvalue weighted by molar-refractivity contribution is 9.10. The monoisotopic (exact) mass is 412 g/mol. The van der Waals surface area contributed by atoms with Crippen molar-refractivity contribution in [2.24, 2.45) is 0 Å². The van der Waals surface area contributed by atoms with Crippen molar-refractivity contribution in [3.8, 4) is 5.75 Å². The van der Waals surface area contributed by atoms with E-state index in [-0.39, 0.29) is 12.0 Å². The number of hydrogen-bond donors (Lipinski definition) is 0. The molecule has 0 unspecified atom stereocenters. The van der Waals surface area contributed by atoms with Crippen LogP contribution in [0, 0.1) is 6.92 Å². The summed E-state index contributed by atoms with van der Waals surface area (Å²) in [6, 6.07) is 16.3. The van der Waals surface area contributed by atoms with Crippen LogP contribution in [0.1, 0.15) is 48.6 Å². The third-order valence-corrected chi connectivity index (χ3v) is 5.84. The van der Waals surface area contributed by atoms with E-state index in [1.807, 2.05) is 24.3 Å². The Morgan fingerprint density at radius 1 is 1.04 bits per heavy atom. The summed E-state index contributed by atoms with van der Waals surface area (Å²) >= 11 is 3.48. The van der Waals surface area contributed by atoms with Gasteiger partial charge < -0.3 is 9.15 Å². The predicted octanol–water partition coefficient (Wildman–Crippen LogP) is 5.58. The molecule has 0 spiro atoms. The third kappa shape index (κ3) is 3.16. The summed E-state index contributed by atoms with van der Waals surface area (Å²) in [5.41, 5.74) is 2.42. The van der Waals surface area contributed by atoms with Crippen LogP contribution in [0.3, 0.4) is 0 Å². The van der Waals surface area contributed by atoms with Crippen molar-refractivity contribution in [2.75, 3.05) is 0 Å². The van der Waals surface area contributed by atoms with Crippen molar-refractivity contribution < 1.29 is 9.15 Å². The van der Waals surface area contributed by atoms with Gasteiger partial charge in [-0.25, -0.2) is 0 Å². The van der Waals surface area contributed by atoms with Gasteiger partial charge in [-0.15, -0.1) is 10.2 Å². The Morgan fingerprint density at radius 2 is 1.77 bits per heavy atom. The Hall–Kier alpha value is -2.14. The fourth-order valence-electron chi connectivity index (χ4n) is 3.89. The largest absolute Gasteiger partial charge is 0.483 e. The van der Waals surface area contributed by atoms with Gasteiger partial charge in [-0.05, 0) is 59.0 Å². The highest BCUT2D eigenvalue weighted by atomic mass is 79.9. The van der Waals surface area contributed by atoms with Gasteiger partial charge in [0.2, 0.25) is 5.89 Å². The molecular formula is C21H21BrN2O2. The van der Waals surface area contributed by atoms with Crippen LogP contribution in [0.4, 0.5) is 0 Å². The number of para-hydroxylation sites is 1. The Kier molecular flexibility index (Phi) is 4.81. The van der Waals surface area contributed by atoms with Crippen molar-refractivity contribution >= 4 is 15.9 Å². The first kappa shape index (κ1) is 17.3. The standard InChI is InChI=1S/C21H21BrN2O2/c1-15-8-2-3-9-16(15)21(12-6-7-13-21)20-24-23-19(26-20)14-25-18-11-5-4-10-17(18)22/h2-5,8-11H,6-7,12-14H2,1H3. The maximum Gasteiger partial charge on any atom is 0.253 e. The molecule has 0 saturated heterocycles. The Morgan fingerprint density at radius 3 is 2.54 bits per heavy atom. The average molecular weight is 413 g/mol. The summed E-state index contributed by atoms with van der Waals surface area (Å²) in [6.07, 6.45) is 4.45. The minimum Gasteiger partial charge on any atom is -0.483 e. The van der Waals surface area contributed by atoms with E-state index in [2.05, 4.69) is 57.3 Å². The number of halogens is 1. The van der Waals surface area contributed by atoms with Gasteiger partial charge in [0.25, 0.3) is 5.89 Å². The van der Waals surface area contributed by atoms with Gasteiger partial charge in [0.05, 0.1) is 9.89 Å². The number of nitrogens with zero attached hydrogens (tertiary/aromatic N) is 2. The van der Waals surface area contributed by atoms with Crippen LogP contribution in [0.15, 0.2) is 57.4 Å². The molecule has 4 nitrogen and oxygen atoms in total. The molecule has 2 aromatic carbocycles. The first-order chi connectivity index (χ1) is 12.7. The van der Waals surface area contributed by atoms with Gasteiger partial charge in [0.1, 0.15) is 5.75 Å². The van der Waals surface area contributed by atoms with E-state index in [1.54, 1.807) is 0 Å². The van der Waals surface area contributed by atoms with Gasteiger partial charge >= 0.3 is 0 Å². The lowest BCUT2D eigenvalue weighted by Crippen LogP contribution is -2.25. The fraction of sp³-hybridized carbons (Fsp3) is 0.333. The zero-order valence-electron chi connectivity index (χ0n) is 14.7. The van der Waals surface area contributed by atoms with Gasteiger partial charge in [0.15, 0.2) is 6.61 Å². The molecule has 0 N–H and O–H groups in total. The number of aromatic nitrogens is 2. The molecule has 5 heteroatoms. The third-order valence-electron chi connectivity index (χ3n) is 5.18. The molecule has 3 aromatic rings. The molecule has 26 heavy (non-hydrogen) atoms. The summed E-state index contributed by atoms with van der Waals surface area (Å²) in [7, 11) is 0. The van der Waals surface area contributed by atoms with Crippen LogP contribution in [-0.2, 0) is 12.0 Å². The Labute approximate surface area is 161 Å². The van der Waals surface area contributed by atoms with E-state index in [0.717, 1.165) is 29.0 Å². The molecule has 0 amide bonds. The molecule has 1 aliphatic carbocycles. The lowest BCUT2D eigenvalue weighted by molar-refractivity contribution is 0.249. The zero-order chi connectivity index (χ0) is 18.0. The van der Waals surface area contributed by atoms with Crippen molar-refractivity contribution in [3.63, 3.8) is 0 Å². The van der Waals surface area contributed by atoms with Crippen LogP contribution in [0.5, 0.6) is 5.75 Å². The van der Waals surface area contributed by atoms with Crippen LogP contribution in [0.25, 0.3) is 0 Å². The second-order valence-corrected chi connectivity index (χ2v) is 7.68. The van der Waals surface area contributed by atoms with E-state index >= 15 is 0 Å². The normalized spacial score (nSPS) is 15.9. The molecule has 1 fully saturated rings. The van der Waals surface area contributed by atoms with Crippen molar-refractivity contribution in [2.45, 2.75) is 44.6 Å². The topological polar surface area (TPSA) is 48.2 Å². The maximum absolute atomic E-state index is 6.08. The Bertz CT molecular complexity index is 900. The van der Waals surface area contributed by atoms with Gasteiger partial charge in [0, 0.05) is 0 Å². The average Bonchev–Trinajstić information content (AvgIpc) is 3.32. The molecule has 4 rings (SSSR count). The fourth-order valence-corrected chi connectivity index (χ4v) is 4.29. The zero-order valence-corrected chi connectivity index (χ0v) is 16.3. The highest BCUT2D eigenvalue weighted by Crippen LogP contribution is 2.46. The lowest BCUT2D eigenvalue weighted by atomic mass is 9.77. The highest BCUT2D eigenvalue weighted by Gasteiger charge is 2.43. The summed E-state index contributed by atoms with van der Waals surface area (Å²) in [6.45, 7) is 2.42. The number of ether oxygens (including phenoxy) is 1. The first-order valence-corrected chi connectivity index (χ1v) is 9.75. The quantitative estimate of drug-likeness (QED) is 0.548. The number of aryl methyl sites for hydroxylation is 1. The summed E-state index contributed by atoms with van der Waals surface area (Å²) in [5, 5.41) is 8.66. The number of hydrogen-bond acceptors (Lipinski definition) is 4. The molecule has 134 valence electrons. The molecule has 1 aliphatic rings. The molecule has 1 heterocycles. The van der Waals surface area contributed by atoms with Gasteiger partial charge in [-0.2, -0.15) is 0 Å². The predicted molar refractivity (Wildman–Crippen MR) is 103 cm³/mol. The van der Waals surface area contributed by atoms with Crippen molar-refractivity contribution in [1.82, 2.24) is 10.2 Å². The number of benzene rings is 2. The van der Waals surface area contributed by atoms with Gasteiger partial charge in [-0.1, -0.05) is 49.2 Å². The molecule has 0 bridgehead atoms. The smallest absolute Gasteiger partial charge is 0.253 e. The van der Waals surface area contributed by atoms with E-state index in [0.29, 0.717) is 5.89 Å².